The van der Waals surface area contributed by atoms with E-state index >= 15 is 0 Å². The fourth-order valence-corrected chi connectivity index (χ4v) is 2.44. The Hall–Kier alpha value is -2.89. The van der Waals surface area contributed by atoms with Crippen LogP contribution in [0.4, 0.5) is 4.39 Å². The van der Waals surface area contributed by atoms with Gasteiger partial charge in [-0.2, -0.15) is 5.10 Å². The second-order valence-corrected chi connectivity index (χ2v) is 4.88. The summed E-state index contributed by atoms with van der Waals surface area (Å²) in [5, 5.41) is 5.15. The molecule has 2 aromatic heterocycles. The molecule has 0 radical (unpaired) electrons. The molecule has 0 aliphatic carbocycles. The van der Waals surface area contributed by atoms with Crippen LogP contribution in [0.2, 0.25) is 0 Å². The average molecular weight is 299 g/mol. The number of ether oxygens (including phenoxy) is 1. The molecule has 0 spiro atoms. The molecule has 5 nitrogen and oxygen atoms in total. The molecule has 0 fully saturated rings. The third kappa shape index (κ3) is 2.18. The van der Waals surface area contributed by atoms with Crippen molar-refractivity contribution in [1.29, 1.82) is 0 Å². The standard InChI is InChI=1S/C16H14FN3O2/c1-4-14(21)22-15-10(2)18-19(3)16(15)20-8-7-11-5-6-12(17)9-13(11)20/h4-9H,1H2,2-3H3. The van der Waals surface area contributed by atoms with Crippen molar-refractivity contribution in [2.75, 3.05) is 0 Å². The van der Waals surface area contributed by atoms with Gasteiger partial charge in [0.25, 0.3) is 0 Å². The predicted octanol–water partition coefficient (Wildman–Crippen LogP) is 2.90. The summed E-state index contributed by atoms with van der Waals surface area (Å²) >= 11 is 0. The molecule has 6 heteroatoms. The molecule has 0 aliphatic rings. The number of rotatable bonds is 3. The molecule has 3 aromatic rings. The van der Waals surface area contributed by atoms with Gasteiger partial charge in [0.15, 0.2) is 11.6 Å². The van der Waals surface area contributed by atoms with Crippen LogP contribution in [0.25, 0.3) is 16.7 Å². The van der Waals surface area contributed by atoms with Crippen molar-refractivity contribution in [2.24, 2.45) is 7.05 Å². The zero-order valence-corrected chi connectivity index (χ0v) is 12.2. The average Bonchev–Trinajstić information content (AvgIpc) is 3.00. The van der Waals surface area contributed by atoms with Crippen molar-refractivity contribution in [3.8, 4) is 11.6 Å². The molecule has 0 saturated carbocycles. The molecule has 22 heavy (non-hydrogen) atoms. The van der Waals surface area contributed by atoms with Crippen molar-refractivity contribution >= 4 is 16.9 Å². The summed E-state index contributed by atoms with van der Waals surface area (Å²) in [4.78, 5) is 11.5. The Morgan fingerprint density at radius 1 is 1.41 bits per heavy atom. The number of hydrogen-bond donors (Lipinski definition) is 0. The number of esters is 1. The molecule has 2 heterocycles. The molecule has 0 bridgehead atoms. The van der Waals surface area contributed by atoms with Gasteiger partial charge in [-0.3, -0.25) is 4.57 Å². The fourth-order valence-electron chi connectivity index (χ4n) is 2.44. The van der Waals surface area contributed by atoms with Gasteiger partial charge in [-0.15, -0.1) is 0 Å². The number of benzene rings is 1. The van der Waals surface area contributed by atoms with Gasteiger partial charge in [-0.05, 0) is 31.2 Å². The second-order valence-electron chi connectivity index (χ2n) is 4.88. The van der Waals surface area contributed by atoms with Gasteiger partial charge in [-0.1, -0.05) is 6.58 Å². The molecular formula is C16H14FN3O2. The SMILES string of the molecule is C=CC(=O)Oc1c(C)nn(C)c1-n1ccc2ccc(F)cc21. The Kier molecular flexibility index (Phi) is 3.29. The van der Waals surface area contributed by atoms with Gasteiger partial charge in [0.05, 0.1) is 5.52 Å². The maximum atomic E-state index is 13.5. The van der Waals surface area contributed by atoms with Crippen LogP contribution >= 0.6 is 0 Å². The number of hydrogen-bond acceptors (Lipinski definition) is 3. The molecule has 0 amide bonds. The third-order valence-electron chi connectivity index (χ3n) is 3.39. The highest BCUT2D eigenvalue weighted by atomic mass is 19.1. The topological polar surface area (TPSA) is 49.0 Å². The minimum Gasteiger partial charge on any atom is -0.417 e. The van der Waals surface area contributed by atoms with E-state index in [-0.39, 0.29) is 5.82 Å². The third-order valence-corrected chi connectivity index (χ3v) is 3.39. The maximum Gasteiger partial charge on any atom is 0.335 e. The first-order chi connectivity index (χ1) is 10.5. The first kappa shape index (κ1) is 14.1. The summed E-state index contributed by atoms with van der Waals surface area (Å²) in [5.41, 5.74) is 1.23. The van der Waals surface area contributed by atoms with Crippen LogP contribution in [0.3, 0.4) is 0 Å². The van der Waals surface area contributed by atoms with Crippen LogP contribution < -0.4 is 4.74 Å². The molecule has 3 rings (SSSR count). The minimum absolute atomic E-state index is 0.328. The zero-order valence-electron chi connectivity index (χ0n) is 12.2. The van der Waals surface area contributed by atoms with Crippen molar-refractivity contribution in [3.05, 3.63) is 54.6 Å². The van der Waals surface area contributed by atoms with Crippen molar-refractivity contribution in [3.63, 3.8) is 0 Å². The van der Waals surface area contributed by atoms with Gasteiger partial charge >= 0.3 is 5.97 Å². The van der Waals surface area contributed by atoms with E-state index in [9.17, 15) is 9.18 Å². The molecule has 0 atom stereocenters. The maximum absolute atomic E-state index is 13.5. The van der Waals surface area contributed by atoms with E-state index in [1.165, 1.54) is 12.1 Å². The molecule has 0 unspecified atom stereocenters. The number of nitrogens with zero attached hydrogens (tertiary/aromatic N) is 3. The van der Waals surface area contributed by atoms with Crippen molar-refractivity contribution in [2.45, 2.75) is 6.92 Å². The summed E-state index contributed by atoms with van der Waals surface area (Å²) in [6.45, 7) is 5.13. The van der Waals surface area contributed by atoms with Crippen LogP contribution in [0.15, 0.2) is 43.1 Å². The molecular weight excluding hydrogens is 285 g/mol. The first-order valence-electron chi connectivity index (χ1n) is 6.66. The second kappa shape index (κ2) is 5.14. The summed E-state index contributed by atoms with van der Waals surface area (Å²) < 4.78 is 22.2. The van der Waals surface area contributed by atoms with E-state index in [0.717, 1.165) is 11.5 Å². The number of aryl methyl sites for hydroxylation is 2. The van der Waals surface area contributed by atoms with Crippen LogP contribution in [0, 0.1) is 12.7 Å². The number of fused-ring (bicyclic) bond motifs is 1. The van der Waals surface area contributed by atoms with Crippen LogP contribution in [0.1, 0.15) is 5.69 Å². The lowest BCUT2D eigenvalue weighted by Gasteiger charge is -2.09. The summed E-state index contributed by atoms with van der Waals surface area (Å²) in [7, 11) is 1.73. The summed E-state index contributed by atoms with van der Waals surface area (Å²) in [6, 6.07) is 6.38. The van der Waals surface area contributed by atoms with Crippen molar-refractivity contribution in [1.82, 2.24) is 14.3 Å². The van der Waals surface area contributed by atoms with E-state index in [0.29, 0.717) is 22.8 Å². The normalized spacial score (nSPS) is 10.9. The summed E-state index contributed by atoms with van der Waals surface area (Å²) in [5.74, 6) is -0.0292. The molecule has 1 aromatic carbocycles. The Labute approximate surface area is 126 Å². The number of aromatic nitrogens is 3. The van der Waals surface area contributed by atoms with Gasteiger partial charge in [0.2, 0.25) is 0 Å². The minimum atomic E-state index is -0.569. The molecule has 0 N–H and O–H groups in total. The zero-order chi connectivity index (χ0) is 15.9. The van der Waals surface area contributed by atoms with Crippen molar-refractivity contribution < 1.29 is 13.9 Å². The van der Waals surface area contributed by atoms with E-state index in [1.54, 1.807) is 35.5 Å². The highest BCUT2D eigenvalue weighted by Crippen LogP contribution is 2.30. The lowest BCUT2D eigenvalue weighted by atomic mass is 10.2. The molecule has 0 aliphatic heterocycles. The van der Waals surface area contributed by atoms with Gasteiger partial charge in [0.1, 0.15) is 11.5 Å². The van der Waals surface area contributed by atoms with Gasteiger partial charge in [-0.25, -0.2) is 13.9 Å². The van der Waals surface area contributed by atoms with E-state index in [2.05, 4.69) is 11.7 Å². The molecule has 0 saturated heterocycles. The van der Waals surface area contributed by atoms with Crippen LogP contribution in [0.5, 0.6) is 5.75 Å². The Morgan fingerprint density at radius 3 is 2.91 bits per heavy atom. The molecule has 112 valence electrons. The van der Waals surface area contributed by atoms with Gasteiger partial charge < -0.3 is 4.74 Å². The highest BCUT2D eigenvalue weighted by Gasteiger charge is 2.20. The summed E-state index contributed by atoms with van der Waals surface area (Å²) in [6.07, 6.45) is 2.87. The van der Waals surface area contributed by atoms with Gasteiger partial charge in [0, 0.05) is 24.7 Å². The lowest BCUT2D eigenvalue weighted by Crippen LogP contribution is -2.08. The predicted molar refractivity (Wildman–Crippen MR) is 80.6 cm³/mol. The monoisotopic (exact) mass is 299 g/mol. The lowest BCUT2D eigenvalue weighted by molar-refractivity contribution is -0.129. The fraction of sp³-hybridized carbons (Fsp3) is 0.125. The Balaban J connectivity index is 2.24. The van der Waals surface area contributed by atoms with Crippen LogP contribution in [-0.2, 0) is 11.8 Å². The highest BCUT2D eigenvalue weighted by molar-refractivity contribution is 5.85. The Morgan fingerprint density at radius 2 is 2.18 bits per heavy atom. The van der Waals surface area contributed by atoms with E-state index < -0.39 is 5.97 Å². The van der Waals surface area contributed by atoms with E-state index in [4.69, 9.17) is 4.74 Å². The number of carbonyl (C=O) groups excluding carboxylic acids is 1. The number of carbonyl (C=O) groups is 1. The number of halogens is 1. The largest absolute Gasteiger partial charge is 0.417 e. The Bertz CT molecular complexity index is 892. The van der Waals surface area contributed by atoms with Crippen LogP contribution in [-0.4, -0.2) is 20.3 Å². The quantitative estimate of drug-likeness (QED) is 0.552. The van der Waals surface area contributed by atoms with E-state index in [1.807, 2.05) is 6.07 Å². The smallest absolute Gasteiger partial charge is 0.335 e. The first-order valence-corrected chi connectivity index (χ1v) is 6.66.